The van der Waals surface area contributed by atoms with Gasteiger partial charge in [-0.2, -0.15) is 0 Å². The summed E-state index contributed by atoms with van der Waals surface area (Å²) in [5.41, 5.74) is 0. The minimum atomic E-state index is -1.46. The summed E-state index contributed by atoms with van der Waals surface area (Å²) in [6, 6.07) is 8.64. The van der Waals surface area contributed by atoms with Crippen LogP contribution in [0.2, 0.25) is 0 Å². The minimum absolute atomic E-state index is 0.00738. The van der Waals surface area contributed by atoms with Gasteiger partial charge in [0.2, 0.25) is 0 Å². The first-order valence-electron chi connectivity index (χ1n) is 4.30. The summed E-state index contributed by atoms with van der Waals surface area (Å²) in [6.07, 6.45) is -1.48. The quantitative estimate of drug-likeness (QED) is 0.422. The fourth-order valence-electron chi connectivity index (χ4n) is 0.918. The van der Waals surface area contributed by atoms with Crippen molar-refractivity contribution in [3.63, 3.8) is 0 Å². The molecule has 0 aliphatic carbocycles. The minimum Gasteiger partial charge on any atom is -0.427 e. The summed E-state index contributed by atoms with van der Waals surface area (Å²) in [5, 5.41) is 17.0. The Kier molecular flexibility index (Phi) is 4.10. The van der Waals surface area contributed by atoms with Gasteiger partial charge in [-0.1, -0.05) is 18.2 Å². The Balaban J connectivity index is 2.35. The van der Waals surface area contributed by atoms with Gasteiger partial charge in [0.15, 0.2) is 6.29 Å². The fraction of sp³-hybridized carbons (Fsp3) is 0.300. The number of carbonyl (C=O) groups is 1. The molecular weight excluding hydrogens is 184 g/mol. The van der Waals surface area contributed by atoms with Gasteiger partial charge in [0.1, 0.15) is 5.75 Å². The molecule has 4 nitrogen and oxygen atoms in total. The third-order valence-corrected chi connectivity index (χ3v) is 1.58. The molecule has 0 bridgehead atoms. The third-order valence-electron chi connectivity index (χ3n) is 1.58. The fourth-order valence-corrected chi connectivity index (χ4v) is 0.918. The molecule has 0 spiro atoms. The zero-order valence-corrected chi connectivity index (χ0v) is 7.59. The van der Waals surface area contributed by atoms with Gasteiger partial charge < -0.3 is 14.9 Å². The number of ether oxygens (including phenoxy) is 1. The van der Waals surface area contributed by atoms with E-state index < -0.39 is 12.3 Å². The van der Waals surface area contributed by atoms with E-state index in [9.17, 15) is 4.79 Å². The van der Waals surface area contributed by atoms with Crippen molar-refractivity contribution in [3.8, 4) is 5.75 Å². The lowest BCUT2D eigenvalue weighted by atomic mass is 10.3. The van der Waals surface area contributed by atoms with E-state index in [0.29, 0.717) is 5.75 Å². The summed E-state index contributed by atoms with van der Waals surface area (Å²) >= 11 is 0. The van der Waals surface area contributed by atoms with Gasteiger partial charge in [0.25, 0.3) is 0 Å². The number of hydrogen-bond donors (Lipinski definition) is 2. The van der Waals surface area contributed by atoms with E-state index in [1.54, 1.807) is 24.3 Å². The van der Waals surface area contributed by atoms with Crippen LogP contribution in [0, 0.1) is 0 Å². The van der Waals surface area contributed by atoms with Crippen LogP contribution in [0.25, 0.3) is 0 Å². The van der Waals surface area contributed by atoms with Crippen molar-refractivity contribution in [2.45, 2.75) is 19.1 Å². The van der Waals surface area contributed by atoms with Crippen LogP contribution in [0.1, 0.15) is 12.8 Å². The molecule has 0 saturated carbocycles. The SMILES string of the molecule is O=C(CCC(O)O)Oc1ccccc1. The number of rotatable bonds is 4. The van der Waals surface area contributed by atoms with E-state index in [1.165, 1.54) is 0 Å². The number of esters is 1. The Morgan fingerprint density at radius 1 is 1.29 bits per heavy atom. The maximum Gasteiger partial charge on any atom is 0.311 e. The molecule has 0 fully saturated rings. The highest BCUT2D eigenvalue weighted by atomic mass is 16.5. The Hall–Kier alpha value is -1.39. The van der Waals surface area contributed by atoms with Gasteiger partial charge in [-0.25, -0.2) is 0 Å². The van der Waals surface area contributed by atoms with Crippen molar-refractivity contribution in [2.75, 3.05) is 0 Å². The molecule has 0 aromatic heterocycles. The highest BCUT2D eigenvalue weighted by Crippen LogP contribution is 2.09. The lowest BCUT2D eigenvalue weighted by molar-refractivity contribution is -0.136. The highest BCUT2D eigenvalue weighted by molar-refractivity contribution is 5.72. The average Bonchev–Trinajstić information content (AvgIpc) is 2.16. The summed E-state index contributed by atoms with van der Waals surface area (Å²) in [7, 11) is 0. The van der Waals surface area contributed by atoms with Crippen molar-refractivity contribution in [1.29, 1.82) is 0 Å². The molecule has 14 heavy (non-hydrogen) atoms. The topological polar surface area (TPSA) is 66.8 Å². The molecule has 0 unspecified atom stereocenters. The third kappa shape index (κ3) is 4.02. The van der Waals surface area contributed by atoms with Crippen LogP contribution in [0.5, 0.6) is 5.75 Å². The molecular formula is C10H12O4. The summed E-state index contributed by atoms with van der Waals surface area (Å²) in [4.78, 5) is 11.1. The number of hydrogen-bond acceptors (Lipinski definition) is 4. The van der Waals surface area contributed by atoms with E-state index in [-0.39, 0.29) is 12.8 Å². The first-order chi connectivity index (χ1) is 6.68. The lowest BCUT2D eigenvalue weighted by Gasteiger charge is -2.04. The van der Waals surface area contributed by atoms with E-state index in [2.05, 4.69) is 0 Å². The Labute approximate surface area is 81.8 Å². The van der Waals surface area contributed by atoms with Gasteiger partial charge in [-0.05, 0) is 12.1 Å². The summed E-state index contributed by atoms with van der Waals surface area (Å²) in [6.45, 7) is 0. The van der Waals surface area contributed by atoms with Gasteiger partial charge in [0.05, 0.1) is 6.42 Å². The predicted molar refractivity (Wildman–Crippen MR) is 49.5 cm³/mol. The molecule has 0 aliphatic rings. The molecule has 2 N–H and O–H groups in total. The zero-order valence-electron chi connectivity index (χ0n) is 7.59. The first kappa shape index (κ1) is 10.7. The van der Waals surface area contributed by atoms with Crippen molar-refractivity contribution in [2.24, 2.45) is 0 Å². The molecule has 1 rings (SSSR count). The first-order valence-corrected chi connectivity index (χ1v) is 4.30. The van der Waals surface area contributed by atoms with Gasteiger partial charge in [-0.3, -0.25) is 4.79 Å². The molecule has 0 saturated heterocycles. The molecule has 76 valence electrons. The van der Waals surface area contributed by atoms with E-state index in [4.69, 9.17) is 14.9 Å². The largest absolute Gasteiger partial charge is 0.427 e. The van der Waals surface area contributed by atoms with Crippen LogP contribution in [0.15, 0.2) is 30.3 Å². The average molecular weight is 196 g/mol. The summed E-state index contributed by atoms with van der Waals surface area (Å²) < 4.78 is 4.90. The van der Waals surface area contributed by atoms with E-state index in [0.717, 1.165) is 0 Å². The van der Waals surface area contributed by atoms with Crippen molar-refractivity contribution >= 4 is 5.97 Å². The Morgan fingerprint density at radius 2 is 1.93 bits per heavy atom. The smallest absolute Gasteiger partial charge is 0.311 e. The number of aliphatic hydroxyl groups excluding tert-OH is 1. The van der Waals surface area contributed by atoms with Crippen LogP contribution in [0.3, 0.4) is 0 Å². The Bertz CT molecular complexity index is 281. The number of benzene rings is 1. The maximum absolute atomic E-state index is 11.1. The van der Waals surface area contributed by atoms with Crippen LogP contribution in [-0.2, 0) is 4.79 Å². The molecule has 1 aromatic rings. The van der Waals surface area contributed by atoms with Crippen molar-refractivity contribution in [1.82, 2.24) is 0 Å². The Morgan fingerprint density at radius 3 is 2.50 bits per heavy atom. The predicted octanol–water partition coefficient (Wildman–Crippen LogP) is 0.683. The zero-order chi connectivity index (χ0) is 10.4. The monoisotopic (exact) mass is 196 g/mol. The standard InChI is InChI=1S/C10H12O4/c11-9(12)6-7-10(13)14-8-4-2-1-3-5-8/h1-5,9,11-12H,6-7H2. The molecule has 0 amide bonds. The normalized spacial score (nSPS) is 10.2. The number of aliphatic hydroxyl groups is 2. The molecule has 0 atom stereocenters. The lowest BCUT2D eigenvalue weighted by Crippen LogP contribution is -2.12. The molecule has 0 heterocycles. The number of para-hydroxylation sites is 1. The second-order valence-electron chi connectivity index (χ2n) is 2.81. The molecule has 0 aliphatic heterocycles. The van der Waals surface area contributed by atoms with E-state index >= 15 is 0 Å². The second-order valence-corrected chi connectivity index (χ2v) is 2.81. The molecule has 0 radical (unpaired) electrons. The van der Waals surface area contributed by atoms with Crippen LogP contribution in [-0.4, -0.2) is 22.5 Å². The van der Waals surface area contributed by atoms with Crippen molar-refractivity contribution in [3.05, 3.63) is 30.3 Å². The van der Waals surface area contributed by atoms with Crippen molar-refractivity contribution < 1.29 is 19.7 Å². The van der Waals surface area contributed by atoms with Crippen LogP contribution < -0.4 is 4.74 Å². The van der Waals surface area contributed by atoms with Crippen LogP contribution in [0.4, 0.5) is 0 Å². The highest BCUT2D eigenvalue weighted by Gasteiger charge is 2.06. The number of carbonyl (C=O) groups excluding carboxylic acids is 1. The second kappa shape index (κ2) is 5.36. The van der Waals surface area contributed by atoms with Gasteiger partial charge in [0, 0.05) is 6.42 Å². The molecule has 1 aromatic carbocycles. The van der Waals surface area contributed by atoms with Gasteiger partial charge >= 0.3 is 5.97 Å². The van der Waals surface area contributed by atoms with E-state index in [1.807, 2.05) is 6.07 Å². The van der Waals surface area contributed by atoms with Crippen LogP contribution >= 0.6 is 0 Å². The van der Waals surface area contributed by atoms with Gasteiger partial charge in [-0.15, -0.1) is 0 Å². The molecule has 4 heteroatoms. The summed E-state index contributed by atoms with van der Waals surface area (Å²) in [5.74, 6) is -0.00534. The maximum atomic E-state index is 11.1.